The van der Waals surface area contributed by atoms with Gasteiger partial charge in [-0.2, -0.15) is 0 Å². The second-order valence-electron chi connectivity index (χ2n) is 7.34. The molecule has 3 aromatic rings. The van der Waals surface area contributed by atoms with Crippen LogP contribution >= 0.6 is 11.6 Å². The molecule has 2 heterocycles. The molecule has 1 aliphatic rings. The predicted molar refractivity (Wildman–Crippen MR) is 112 cm³/mol. The largest absolute Gasteiger partial charge is 0.374 e. The Morgan fingerprint density at radius 1 is 1.28 bits per heavy atom. The standard InChI is InChI=1S/C22H24ClFN4O/c1-27-10-11-29-21(14-27)22(17-3-5-18(23)6-4-17)26-13-16-2-7-20(19(24)12-16)28-9-8-25-15-28/h2-9,12,15,21-22,26H,10-11,13-14H2,1H3/t21-,22-/m0/s1. The molecule has 1 fully saturated rings. The van der Waals surface area contributed by atoms with Gasteiger partial charge in [-0.25, -0.2) is 9.37 Å². The van der Waals surface area contributed by atoms with Crippen molar-refractivity contribution in [3.63, 3.8) is 0 Å². The lowest BCUT2D eigenvalue weighted by Gasteiger charge is -2.36. The van der Waals surface area contributed by atoms with Crippen LogP contribution in [-0.4, -0.2) is 47.3 Å². The average Bonchev–Trinajstić information content (AvgIpc) is 3.24. The maximum absolute atomic E-state index is 14.6. The van der Waals surface area contributed by atoms with E-state index in [0.29, 0.717) is 23.9 Å². The minimum absolute atomic E-state index is 0.00462. The van der Waals surface area contributed by atoms with Crippen LogP contribution < -0.4 is 5.32 Å². The highest BCUT2D eigenvalue weighted by molar-refractivity contribution is 6.30. The smallest absolute Gasteiger partial charge is 0.147 e. The van der Waals surface area contributed by atoms with E-state index in [0.717, 1.165) is 24.2 Å². The van der Waals surface area contributed by atoms with Crippen molar-refractivity contribution in [2.45, 2.75) is 18.7 Å². The fraction of sp³-hybridized carbons (Fsp3) is 0.318. The van der Waals surface area contributed by atoms with Crippen molar-refractivity contribution in [1.82, 2.24) is 19.8 Å². The number of ether oxygens (including phenoxy) is 1. The van der Waals surface area contributed by atoms with Gasteiger partial charge in [0.2, 0.25) is 0 Å². The minimum Gasteiger partial charge on any atom is -0.374 e. The van der Waals surface area contributed by atoms with Crippen molar-refractivity contribution < 1.29 is 9.13 Å². The second kappa shape index (κ2) is 9.05. The van der Waals surface area contributed by atoms with Gasteiger partial charge in [0.1, 0.15) is 5.82 Å². The molecular weight excluding hydrogens is 391 g/mol. The summed E-state index contributed by atoms with van der Waals surface area (Å²) >= 11 is 6.06. The highest BCUT2D eigenvalue weighted by Gasteiger charge is 2.28. The third-order valence-electron chi connectivity index (χ3n) is 5.22. The topological polar surface area (TPSA) is 42.3 Å². The summed E-state index contributed by atoms with van der Waals surface area (Å²) in [5, 5.41) is 4.26. The summed E-state index contributed by atoms with van der Waals surface area (Å²) in [6.07, 6.45) is 4.95. The van der Waals surface area contributed by atoms with Crippen LogP contribution in [-0.2, 0) is 11.3 Å². The lowest BCUT2D eigenvalue weighted by Crippen LogP contribution is -2.46. The third kappa shape index (κ3) is 4.85. The number of nitrogens with zero attached hydrogens (tertiary/aromatic N) is 3. The first-order valence-corrected chi connectivity index (χ1v) is 10.0. The molecular formula is C22H24ClFN4O. The Morgan fingerprint density at radius 2 is 2.10 bits per heavy atom. The summed E-state index contributed by atoms with van der Waals surface area (Å²) in [6.45, 7) is 2.97. The van der Waals surface area contributed by atoms with Gasteiger partial charge < -0.3 is 19.5 Å². The number of hydrogen-bond acceptors (Lipinski definition) is 4. The Labute approximate surface area is 175 Å². The van der Waals surface area contributed by atoms with Crippen molar-refractivity contribution in [2.75, 3.05) is 26.7 Å². The molecule has 0 spiro atoms. The van der Waals surface area contributed by atoms with Crippen LogP contribution in [0.15, 0.2) is 61.2 Å². The predicted octanol–water partition coefficient (Wildman–Crippen LogP) is 3.83. The summed E-state index contributed by atoms with van der Waals surface area (Å²) in [4.78, 5) is 6.24. The summed E-state index contributed by atoms with van der Waals surface area (Å²) in [5.74, 6) is -0.279. The molecule has 5 nitrogen and oxygen atoms in total. The van der Waals surface area contributed by atoms with E-state index in [1.54, 1.807) is 35.4 Å². The number of aromatic nitrogens is 2. The third-order valence-corrected chi connectivity index (χ3v) is 5.47. The fourth-order valence-corrected chi connectivity index (χ4v) is 3.77. The molecule has 2 aromatic carbocycles. The average molecular weight is 415 g/mol. The lowest BCUT2D eigenvalue weighted by molar-refractivity contribution is -0.0396. The van der Waals surface area contributed by atoms with Crippen molar-refractivity contribution in [3.8, 4) is 5.69 Å². The summed E-state index contributed by atoms with van der Waals surface area (Å²) < 4.78 is 22.3. The molecule has 152 valence electrons. The Morgan fingerprint density at radius 3 is 2.79 bits per heavy atom. The van der Waals surface area contributed by atoms with Crippen LogP contribution in [0, 0.1) is 5.82 Å². The first-order valence-electron chi connectivity index (χ1n) is 9.66. The van der Waals surface area contributed by atoms with E-state index in [1.165, 1.54) is 0 Å². The number of nitrogens with one attached hydrogen (secondary N) is 1. The molecule has 1 saturated heterocycles. The van der Waals surface area contributed by atoms with Crippen LogP contribution in [0.3, 0.4) is 0 Å². The van der Waals surface area contributed by atoms with Crippen molar-refractivity contribution in [3.05, 3.63) is 83.2 Å². The van der Waals surface area contributed by atoms with E-state index >= 15 is 0 Å². The normalized spacial score (nSPS) is 18.7. The summed E-state index contributed by atoms with van der Waals surface area (Å²) in [6, 6.07) is 13.0. The molecule has 0 saturated carbocycles. The lowest BCUT2D eigenvalue weighted by atomic mass is 9.99. The number of benzene rings is 2. The van der Waals surface area contributed by atoms with Gasteiger partial charge in [0.25, 0.3) is 0 Å². The van der Waals surface area contributed by atoms with Crippen molar-refractivity contribution >= 4 is 11.6 Å². The van der Waals surface area contributed by atoms with Crippen LogP contribution in [0.2, 0.25) is 5.02 Å². The zero-order valence-corrected chi connectivity index (χ0v) is 17.0. The summed E-state index contributed by atoms with van der Waals surface area (Å²) in [5.41, 5.74) is 2.46. The Bertz CT molecular complexity index is 932. The molecule has 0 bridgehead atoms. The van der Waals surface area contributed by atoms with Crippen molar-refractivity contribution in [1.29, 1.82) is 0 Å². The van der Waals surface area contributed by atoms with Gasteiger partial charge in [0.05, 0.1) is 30.8 Å². The fourth-order valence-electron chi connectivity index (χ4n) is 3.65. The maximum Gasteiger partial charge on any atom is 0.147 e. The van der Waals surface area contributed by atoms with E-state index in [2.05, 4.69) is 22.2 Å². The van der Waals surface area contributed by atoms with Gasteiger partial charge in [-0.3, -0.25) is 0 Å². The van der Waals surface area contributed by atoms with Crippen LogP contribution in [0.1, 0.15) is 17.2 Å². The monoisotopic (exact) mass is 414 g/mol. The maximum atomic E-state index is 14.6. The van der Waals surface area contributed by atoms with Crippen molar-refractivity contribution in [2.24, 2.45) is 0 Å². The SMILES string of the molecule is CN1CCO[C@H]([C@@H](NCc2ccc(-n3ccnc3)c(F)c2)c2ccc(Cl)cc2)C1. The van der Waals surface area contributed by atoms with Crippen LogP contribution in [0.5, 0.6) is 0 Å². The van der Waals surface area contributed by atoms with Gasteiger partial charge >= 0.3 is 0 Å². The first-order chi connectivity index (χ1) is 14.1. The number of imidazole rings is 1. The van der Waals surface area contributed by atoms with E-state index in [9.17, 15) is 4.39 Å². The molecule has 0 unspecified atom stereocenters. The Kier molecular flexibility index (Phi) is 6.25. The number of halogens is 2. The number of hydrogen-bond donors (Lipinski definition) is 1. The molecule has 4 rings (SSSR count). The molecule has 2 atom stereocenters. The molecule has 0 amide bonds. The van der Waals surface area contributed by atoms with E-state index in [-0.39, 0.29) is 18.0 Å². The Hall–Kier alpha value is -2.25. The molecule has 1 aliphatic heterocycles. The minimum atomic E-state index is -0.279. The quantitative estimate of drug-likeness (QED) is 0.665. The van der Waals surface area contributed by atoms with Gasteiger partial charge in [0.15, 0.2) is 0 Å². The number of likely N-dealkylation sites (N-methyl/N-ethyl adjacent to an activating group) is 1. The Balaban J connectivity index is 1.51. The molecule has 0 radical (unpaired) electrons. The van der Waals surface area contributed by atoms with E-state index in [4.69, 9.17) is 16.3 Å². The molecule has 0 aliphatic carbocycles. The molecule has 1 aromatic heterocycles. The highest BCUT2D eigenvalue weighted by atomic mass is 35.5. The van der Waals surface area contributed by atoms with Gasteiger partial charge in [-0.15, -0.1) is 0 Å². The highest BCUT2D eigenvalue weighted by Crippen LogP contribution is 2.25. The molecule has 1 N–H and O–H groups in total. The van der Waals surface area contributed by atoms with Crippen LogP contribution in [0.25, 0.3) is 5.69 Å². The van der Waals surface area contributed by atoms with E-state index < -0.39 is 0 Å². The zero-order chi connectivity index (χ0) is 20.2. The molecule has 7 heteroatoms. The van der Waals surface area contributed by atoms with E-state index in [1.807, 2.05) is 30.3 Å². The first kappa shape index (κ1) is 20.0. The van der Waals surface area contributed by atoms with Gasteiger partial charge in [0, 0.05) is 37.1 Å². The molecule has 29 heavy (non-hydrogen) atoms. The second-order valence-corrected chi connectivity index (χ2v) is 7.77. The summed E-state index contributed by atoms with van der Waals surface area (Å²) in [7, 11) is 2.10. The van der Waals surface area contributed by atoms with Gasteiger partial charge in [-0.1, -0.05) is 29.8 Å². The zero-order valence-electron chi connectivity index (χ0n) is 16.3. The number of rotatable bonds is 6. The van der Waals surface area contributed by atoms with Gasteiger partial charge in [-0.05, 0) is 42.4 Å². The number of morpholine rings is 1. The van der Waals surface area contributed by atoms with Crippen LogP contribution in [0.4, 0.5) is 4.39 Å².